The summed E-state index contributed by atoms with van der Waals surface area (Å²) >= 11 is 0. The van der Waals surface area contributed by atoms with Crippen molar-refractivity contribution in [1.82, 2.24) is 25.6 Å². The molecule has 1 aliphatic heterocycles. The molecule has 1 atom stereocenters. The fourth-order valence-corrected chi connectivity index (χ4v) is 4.08. The van der Waals surface area contributed by atoms with Crippen molar-refractivity contribution < 1.29 is 14.7 Å². The molecule has 0 spiro atoms. The van der Waals surface area contributed by atoms with Gasteiger partial charge in [-0.3, -0.25) is 9.59 Å². The molecule has 2 heterocycles. The van der Waals surface area contributed by atoms with E-state index in [1.165, 1.54) is 30.4 Å². The molecule has 1 aromatic rings. The molecule has 0 radical (unpaired) electrons. The van der Waals surface area contributed by atoms with Crippen LogP contribution in [-0.4, -0.2) is 57.5 Å². The van der Waals surface area contributed by atoms with Gasteiger partial charge in [-0.05, 0) is 45.7 Å². The number of Topliss-reactive ketones (excluding diaryl/α,β-unsaturated/α-hetero) is 1. The number of carbonyl (C=O) groups excluding carboxylic acids is 2. The average Bonchev–Trinajstić information content (AvgIpc) is 3.18. The highest BCUT2D eigenvalue weighted by Gasteiger charge is 2.19. The maximum Gasteiger partial charge on any atom is 0.241 e. The van der Waals surface area contributed by atoms with E-state index >= 15 is 0 Å². The summed E-state index contributed by atoms with van der Waals surface area (Å²) in [5.41, 5.74) is 0.691. The van der Waals surface area contributed by atoms with Crippen molar-refractivity contribution >= 4 is 11.7 Å². The summed E-state index contributed by atoms with van der Waals surface area (Å²) in [7, 11) is 0. The number of aromatic nitrogens is 3. The Balaban J connectivity index is 1.37. The molecular weight excluding hydrogens is 394 g/mol. The Hall–Kier alpha value is -1.80. The third kappa shape index (κ3) is 11.4. The molecule has 0 bridgehead atoms. The molecule has 31 heavy (non-hydrogen) atoms. The molecule has 1 amide bonds. The molecule has 0 saturated carbocycles. The summed E-state index contributed by atoms with van der Waals surface area (Å²) in [6, 6.07) is 0. The number of nitrogens with one attached hydrogen (secondary N) is 2. The van der Waals surface area contributed by atoms with Crippen LogP contribution in [0.5, 0.6) is 0 Å². The zero-order chi connectivity index (χ0) is 22.3. The summed E-state index contributed by atoms with van der Waals surface area (Å²) < 4.78 is 1.51. The zero-order valence-electron chi connectivity index (χ0n) is 19.2. The van der Waals surface area contributed by atoms with Crippen LogP contribution in [0.15, 0.2) is 6.20 Å². The first-order valence-electron chi connectivity index (χ1n) is 12.1. The highest BCUT2D eigenvalue weighted by Crippen LogP contribution is 2.17. The largest absolute Gasteiger partial charge is 0.393 e. The number of amides is 1. The minimum atomic E-state index is -0.465. The lowest BCUT2D eigenvalue weighted by Gasteiger charge is -2.21. The van der Waals surface area contributed by atoms with E-state index in [1.807, 2.05) is 0 Å². The Morgan fingerprint density at radius 1 is 1.13 bits per heavy atom. The van der Waals surface area contributed by atoms with Crippen LogP contribution in [0.1, 0.15) is 83.2 Å². The van der Waals surface area contributed by atoms with Crippen LogP contribution in [0.2, 0.25) is 0 Å². The van der Waals surface area contributed by atoms with Gasteiger partial charge in [0.15, 0.2) is 0 Å². The van der Waals surface area contributed by atoms with E-state index in [9.17, 15) is 14.7 Å². The lowest BCUT2D eigenvalue weighted by molar-refractivity contribution is -0.124. The van der Waals surface area contributed by atoms with Crippen LogP contribution in [0, 0.1) is 5.92 Å². The van der Waals surface area contributed by atoms with Gasteiger partial charge in [-0.15, -0.1) is 5.10 Å². The van der Waals surface area contributed by atoms with Crippen LogP contribution in [-0.2, 0) is 22.6 Å². The number of aliphatic hydroxyl groups is 1. The number of aliphatic hydroxyl groups excluding tert-OH is 1. The number of rotatable bonds is 16. The van der Waals surface area contributed by atoms with E-state index < -0.39 is 6.10 Å². The molecule has 2 rings (SSSR count). The third-order valence-electron chi connectivity index (χ3n) is 5.86. The molecule has 176 valence electrons. The van der Waals surface area contributed by atoms with Gasteiger partial charge < -0.3 is 15.7 Å². The topological polar surface area (TPSA) is 109 Å². The van der Waals surface area contributed by atoms with E-state index in [4.69, 9.17) is 0 Å². The van der Waals surface area contributed by atoms with Crippen molar-refractivity contribution in [1.29, 1.82) is 0 Å². The summed E-state index contributed by atoms with van der Waals surface area (Å²) in [5, 5.41) is 23.5. The molecule has 1 saturated heterocycles. The SMILES string of the molecule is C[C@@H](O)Cc1cn(CC(=O)NCCCCCCCCCCC(=O)C2CCNCC2)nn1. The van der Waals surface area contributed by atoms with Crippen LogP contribution < -0.4 is 10.6 Å². The zero-order valence-corrected chi connectivity index (χ0v) is 19.2. The van der Waals surface area contributed by atoms with Crippen molar-refractivity contribution in [2.24, 2.45) is 5.92 Å². The highest BCUT2D eigenvalue weighted by molar-refractivity contribution is 5.81. The predicted molar refractivity (Wildman–Crippen MR) is 121 cm³/mol. The number of piperidine rings is 1. The van der Waals surface area contributed by atoms with Gasteiger partial charge in [0.25, 0.3) is 0 Å². The van der Waals surface area contributed by atoms with E-state index in [2.05, 4.69) is 20.9 Å². The Bertz CT molecular complexity index is 641. The Morgan fingerprint density at radius 3 is 2.45 bits per heavy atom. The van der Waals surface area contributed by atoms with Gasteiger partial charge in [0.1, 0.15) is 12.3 Å². The number of hydrogen-bond donors (Lipinski definition) is 3. The first kappa shape index (κ1) is 25.5. The third-order valence-corrected chi connectivity index (χ3v) is 5.86. The summed E-state index contributed by atoms with van der Waals surface area (Å²) in [6.07, 6.45) is 13.7. The lowest BCUT2D eigenvalue weighted by Crippen LogP contribution is -2.31. The molecule has 8 nitrogen and oxygen atoms in total. The van der Waals surface area contributed by atoms with Crippen molar-refractivity contribution in [3.8, 4) is 0 Å². The Labute approximate surface area is 186 Å². The van der Waals surface area contributed by atoms with Gasteiger partial charge >= 0.3 is 0 Å². The van der Waals surface area contributed by atoms with Crippen LogP contribution in [0.3, 0.4) is 0 Å². The van der Waals surface area contributed by atoms with E-state index in [-0.39, 0.29) is 12.5 Å². The van der Waals surface area contributed by atoms with Gasteiger partial charge in [-0.2, -0.15) is 0 Å². The highest BCUT2D eigenvalue weighted by atomic mass is 16.3. The predicted octanol–water partition coefficient (Wildman–Crippen LogP) is 2.40. The van der Waals surface area contributed by atoms with Crippen molar-refractivity contribution in [2.75, 3.05) is 19.6 Å². The minimum Gasteiger partial charge on any atom is -0.393 e. The van der Waals surface area contributed by atoms with E-state index in [0.29, 0.717) is 30.4 Å². The molecule has 0 unspecified atom stereocenters. The van der Waals surface area contributed by atoms with Crippen molar-refractivity contribution in [2.45, 2.75) is 96.6 Å². The number of ketones is 1. The second-order valence-electron chi connectivity index (χ2n) is 8.88. The van der Waals surface area contributed by atoms with Crippen LogP contribution in [0.4, 0.5) is 0 Å². The molecule has 0 aromatic carbocycles. The van der Waals surface area contributed by atoms with Gasteiger partial charge in [0, 0.05) is 31.5 Å². The quantitative estimate of drug-likeness (QED) is 0.344. The minimum absolute atomic E-state index is 0.0625. The second-order valence-corrected chi connectivity index (χ2v) is 8.88. The molecule has 1 fully saturated rings. The normalized spacial score (nSPS) is 15.7. The summed E-state index contributed by atoms with van der Waals surface area (Å²) in [4.78, 5) is 24.1. The number of unbranched alkanes of at least 4 members (excludes halogenated alkanes) is 7. The summed E-state index contributed by atoms with van der Waals surface area (Å²) in [5.74, 6) is 0.727. The maximum absolute atomic E-state index is 12.1. The first-order chi connectivity index (χ1) is 15.0. The van der Waals surface area contributed by atoms with Gasteiger partial charge in [-0.1, -0.05) is 43.7 Å². The molecule has 1 aromatic heterocycles. The fourth-order valence-electron chi connectivity index (χ4n) is 4.08. The van der Waals surface area contributed by atoms with E-state index in [1.54, 1.807) is 13.1 Å². The van der Waals surface area contributed by atoms with E-state index in [0.717, 1.165) is 58.0 Å². The average molecular weight is 436 g/mol. The molecule has 1 aliphatic rings. The smallest absolute Gasteiger partial charge is 0.241 e. The van der Waals surface area contributed by atoms with Crippen molar-refractivity contribution in [3.63, 3.8) is 0 Å². The van der Waals surface area contributed by atoms with Crippen molar-refractivity contribution in [3.05, 3.63) is 11.9 Å². The summed E-state index contributed by atoms with van der Waals surface area (Å²) in [6.45, 7) is 4.53. The second kappa shape index (κ2) is 15.1. The fraction of sp³-hybridized carbons (Fsp3) is 0.826. The van der Waals surface area contributed by atoms with Gasteiger partial charge in [0.2, 0.25) is 5.91 Å². The standard InChI is InChI=1S/C23H41N5O3/c1-19(29)16-21-17-28(27-26-21)18-23(31)25-13-9-7-5-3-2-4-6-8-10-22(30)20-11-14-24-15-12-20/h17,19-20,24,29H,2-16,18H2,1H3,(H,25,31)/t19-/m1/s1. The molecule has 8 heteroatoms. The number of nitrogens with zero attached hydrogens (tertiary/aromatic N) is 3. The van der Waals surface area contributed by atoms with Gasteiger partial charge in [0.05, 0.1) is 11.8 Å². The van der Waals surface area contributed by atoms with Crippen LogP contribution in [0.25, 0.3) is 0 Å². The number of carbonyl (C=O) groups is 2. The Kier molecular flexibility index (Phi) is 12.4. The molecule has 3 N–H and O–H groups in total. The van der Waals surface area contributed by atoms with Gasteiger partial charge in [-0.25, -0.2) is 4.68 Å². The molecule has 0 aliphatic carbocycles. The lowest BCUT2D eigenvalue weighted by atomic mass is 9.90. The first-order valence-corrected chi connectivity index (χ1v) is 12.1. The Morgan fingerprint density at radius 2 is 1.77 bits per heavy atom. The molecular formula is C23H41N5O3. The van der Waals surface area contributed by atoms with Crippen LogP contribution >= 0.6 is 0 Å². The number of hydrogen-bond acceptors (Lipinski definition) is 6. The monoisotopic (exact) mass is 435 g/mol. The maximum atomic E-state index is 12.1.